The van der Waals surface area contributed by atoms with Crippen molar-refractivity contribution in [3.63, 3.8) is 0 Å². The first-order valence-corrected chi connectivity index (χ1v) is 11.6. The van der Waals surface area contributed by atoms with E-state index in [2.05, 4.69) is 10.5 Å². The number of benzene rings is 3. The summed E-state index contributed by atoms with van der Waals surface area (Å²) in [5.41, 5.74) is 2.30. The van der Waals surface area contributed by atoms with Crippen LogP contribution in [-0.4, -0.2) is 46.2 Å². The Labute approximate surface area is 201 Å². The van der Waals surface area contributed by atoms with Gasteiger partial charge < -0.3 is 9.47 Å². The van der Waals surface area contributed by atoms with Gasteiger partial charge >= 0.3 is 0 Å². The number of para-hydroxylation sites is 1. The molecule has 0 spiro atoms. The van der Waals surface area contributed by atoms with E-state index in [0.29, 0.717) is 5.75 Å². The van der Waals surface area contributed by atoms with E-state index in [-0.39, 0.29) is 27.6 Å². The molecule has 1 N–H and O–H groups in total. The summed E-state index contributed by atoms with van der Waals surface area (Å²) in [5, 5.41) is 14.9. The summed E-state index contributed by atoms with van der Waals surface area (Å²) in [6, 6.07) is 17.9. The van der Waals surface area contributed by atoms with Gasteiger partial charge in [-0.15, -0.1) is 0 Å². The van der Waals surface area contributed by atoms with E-state index in [1.54, 1.807) is 24.3 Å². The highest BCUT2D eigenvalue weighted by Crippen LogP contribution is 2.35. The third kappa shape index (κ3) is 5.92. The molecular weight excluding hydrogens is 476 g/mol. The van der Waals surface area contributed by atoms with E-state index in [4.69, 9.17) is 9.47 Å². The quantitative estimate of drug-likeness (QED) is 0.257. The first-order chi connectivity index (χ1) is 16.8. The molecule has 35 heavy (non-hydrogen) atoms. The third-order valence-corrected chi connectivity index (χ3v) is 6.57. The minimum absolute atomic E-state index is 0.0333. The Balaban J connectivity index is 1.92. The van der Waals surface area contributed by atoms with Crippen molar-refractivity contribution in [3.05, 3.63) is 88.5 Å². The monoisotopic (exact) mass is 498 g/mol. The lowest BCUT2D eigenvalue weighted by molar-refractivity contribution is -0.385. The average Bonchev–Trinajstić information content (AvgIpc) is 2.87. The molecule has 0 aliphatic heterocycles. The Hall–Kier alpha value is -4.45. The van der Waals surface area contributed by atoms with Crippen molar-refractivity contribution >= 4 is 33.5 Å². The van der Waals surface area contributed by atoms with Crippen LogP contribution >= 0.6 is 0 Å². The van der Waals surface area contributed by atoms with Crippen LogP contribution in [-0.2, 0) is 14.8 Å². The maximum atomic E-state index is 13.5. The molecule has 0 aliphatic carbocycles. The van der Waals surface area contributed by atoms with Crippen LogP contribution in [0, 0.1) is 10.1 Å². The molecule has 1 amide bonds. The third-order valence-electron chi connectivity index (χ3n) is 4.80. The van der Waals surface area contributed by atoms with E-state index in [1.165, 1.54) is 62.8 Å². The first-order valence-electron chi connectivity index (χ1n) is 10.1. The predicted molar refractivity (Wildman–Crippen MR) is 129 cm³/mol. The number of carbonyl (C=O) groups is 1. The Bertz CT molecular complexity index is 1340. The van der Waals surface area contributed by atoms with Gasteiger partial charge in [0.15, 0.2) is 0 Å². The normalized spacial score (nSPS) is 11.1. The number of nitro groups is 1. The molecule has 0 bridgehead atoms. The minimum Gasteiger partial charge on any atom is -0.497 e. The van der Waals surface area contributed by atoms with E-state index in [0.717, 1.165) is 10.5 Å². The molecule has 0 aromatic heterocycles. The highest BCUT2D eigenvalue weighted by molar-refractivity contribution is 7.92. The van der Waals surface area contributed by atoms with Crippen molar-refractivity contribution in [1.82, 2.24) is 5.43 Å². The summed E-state index contributed by atoms with van der Waals surface area (Å²) < 4.78 is 38.3. The molecule has 0 heterocycles. The van der Waals surface area contributed by atoms with Crippen LogP contribution < -0.4 is 19.2 Å². The van der Waals surface area contributed by atoms with Crippen molar-refractivity contribution in [3.8, 4) is 11.5 Å². The number of hydrazone groups is 1. The van der Waals surface area contributed by atoms with E-state index in [9.17, 15) is 23.3 Å². The van der Waals surface area contributed by atoms with Crippen LogP contribution in [0.15, 0.2) is 82.8 Å². The number of anilines is 1. The SMILES string of the molecule is COc1ccc(N(CC(=O)N/N=C\c2ccccc2[N+](=O)[O-])S(=O)(=O)c2ccccc2)c(OC)c1. The number of carbonyl (C=O) groups excluding carboxylic acids is 1. The Morgan fingerprint density at radius 2 is 1.74 bits per heavy atom. The van der Waals surface area contributed by atoms with E-state index >= 15 is 0 Å². The van der Waals surface area contributed by atoms with Crippen LogP contribution in [0.3, 0.4) is 0 Å². The summed E-state index contributed by atoms with van der Waals surface area (Å²) in [6.07, 6.45) is 1.11. The lowest BCUT2D eigenvalue weighted by Crippen LogP contribution is -2.39. The fraction of sp³-hybridized carbons (Fsp3) is 0.130. The topological polar surface area (TPSA) is 140 Å². The fourth-order valence-electron chi connectivity index (χ4n) is 3.11. The maximum absolute atomic E-state index is 13.5. The molecule has 3 aromatic rings. The van der Waals surface area contributed by atoms with Crippen LogP contribution in [0.5, 0.6) is 11.5 Å². The van der Waals surface area contributed by atoms with E-state index in [1.807, 2.05) is 0 Å². The number of nitrogens with one attached hydrogen (secondary N) is 1. The zero-order valence-corrected chi connectivity index (χ0v) is 19.6. The van der Waals surface area contributed by atoms with Crippen molar-refractivity contribution < 1.29 is 27.6 Å². The maximum Gasteiger partial charge on any atom is 0.278 e. The van der Waals surface area contributed by atoms with Gasteiger partial charge in [-0.25, -0.2) is 13.8 Å². The second-order valence-electron chi connectivity index (χ2n) is 6.97. The van der Waals surface area contributed by atoms with Gasteiger partial charge in [0.25, 0.3) is 21.6 Å². The van der Waals surface area contributed by atoms with Gasteiger partial charge in [-0.3, -0.25) is 19.2 Å². The van der Waals surface area contributed by atoms with Gasteiger partial charge in [-0.2, -0.15) is 5.10 Å². The second kappa shape index (κ2) is 11.1. The lowest BCUT2D eigenvalue weighted by atomic mass is 10.2. The summed E-state index contributed by atoms with van der Waals surface area (Å²) >= 11 is 0. The lowest BCUT2D eigenvalue weighted by Gasteiger charge is -2.25. The standard InChI is InChI=1S/C23H22N4O7S/c1-33-18-12-13-21(22(14-18)34-2)26(35(31,32)19-9-4-3-5-10-19)16-23(28)25-24-15-17-8-6-7-11-20(17)27(29)30/h3-15H,16H2,1-2H3,(H,25,28)/b24-15-. The van der Waals surface area contributed by atoms with Crippen LogP contribution in [0.25, 0.3) is 0 Å². The average molecular weight is 499 g/mol. The highest BCUT2D eigenvalue weighted by Gasteiger charge is 2.29. The molecule has 182 valence electrons. The number of amides is 1. The summed E-state index contributed by atoms with van der Waals surface area (Å²) in [7, 11) is -1.37. The summed E-state index contributed by atoms with van der Waals surface area (Å²) in [4.78, 5) is 23.2. The Kier molecular flexibility index (Phi) is 8.00. The van der Waals surface area contributed by atoms with E-state index < -0.39 is 27.4 Å². The Morgan fingerprint density at radius 1 is 1.06 bits per heavy atom. The number of hydrogen-bond donors (Lipinski definition) is 1. The molecule has 11 nitrogen and oxygen atoms in total. The minimum atomic E-state index is -4.19. The molecular formula is C23H22N4O7S. The van der Waals surface area contributed by atoms with Gasteiger partial charge in [0.2, 0.25) is 0 Å². The largest absolute Gasteiger partial charge is 0.497 e. The smallest absolute Gasteiger partial charge is 0.278 e. The van der Waals surface area contributed by atoms with Crippen LogP contribution in [0.2, 0.25) is 0 Å². The Morgan fingerprint density at radius 3 is 2.40 bits per heavy atom. The van der Waals surface area contributed by atoms with Gasteiger partial charge in [0, 0.05) is 12.1 Å². The van der Waals surface area contributed by atoms with Gasteiger partial charge in [-0.05, 0) is 30.3 Å². The number of nitro benzene ring substituents is 1. The molecule has 0 saturated heterocycles. The molecule has 0 saturated carbocycles. The van der Waals surface area contributed by atoms with Crippen molar-refractivity contribution in [2.75, 3.05) is 25.1 Å². The number of ether oxygens (including phenoxy) is 2. The number of sulfonamides is 1. The van der Waals surface area contributed by atoms with Crippen molar-refractivity contribution in [1.29, 1.82) is 0 Å². The first kappa shape index (κ1) is 25.2. The molecule has 0 fully saturated rings. The number of hydrogen-bond acceptors (Lipinski definition) is 8. The molecule has 3 aromatic carbocycles. The summed E-state index contributed by atoms with van der Waals surface area (Å²) in [5.74, 6) is -0.182. The second-order valence-corrected chi connectivity index (χ2v) is 8.83. The summed E-state index contributed by atoms with van der Waals surface area (Å²) in [6.45, 7) is -0.645. The van der Waals surface area contributed by atoms with Crippen molar-refractivity contribution in [2.45, 2.75) is 4.90 Å². The van der Waals surface area contributed by atoms with Gasteiger partial charge in [0.1, 0.15) is 18.0 Å². The van der Waals surface area contributed by atoms with Crippen LogP contribution in [0.1, 0.15) is 5.56 Å². The van der Waals surface area contributed by atoms with Gasteiger partial charge in [-0.1, -0.05) is 30.3 Å². The van der Waals surface area contributed by atoms with Crippen molar-refractivity contribution in [2.24, 2.45) is 5.10 Å². The fourth-order valence-corrected chi connectivity index (χ4v) is 4.57. The number of rotatable bonds is 10. The van der Waals surface area contributed by atoms with Crippen LogP contribution in [0.4, 0.5) is 11.4 Å². The molecule has 0 radical (unpaired) electrons. The van der Waals surface area contributed by atoms with Gasteiger partial charge in [0.05, 0.1) is 41.5 Å². The molecule has 0 unspecified atom stereocenters. The number of methoxy groups -OCH3 is 2. The zero-order chi connectivity index (χ0) is 25.4. The molecule has 12 heteroatoms. The predicted octanol–water partition coefficient (Wildman–Crippen LogP) is 2.96. The molecule has 0 aliphatic rings. The highest BCUT2D eigenvalue weighted by atomic mass is 32.2. The molecule has 0 atom stereocenters. The zero-order valence-electron chi connectivity index (χ0n) is 18.8. The molecule has 3 rings (SSSR count). The number of nitrogens with zero attached hydrogens (tertiary/aromatic N) is 3.